The van der Waals surface area contributed by atoms with Crippen LogP contribution in [0.25, 0.3) is 0 Å². The van der Waals surface area contributed by atoms with Crippen LogP contribution in [0.3, 0.4) is 0 Å². The van der Waals surface area contributed by atoms with Crippen molar-refractivity contribution in [1.82, 2.24) is 0 Å². The highest BCUT2D eigenvalue weighted by atomic mass is 14.4. The number of rotatable bonds is 4. The molecular formula is C72H144. The maximum Gasteiger partial charge on any atom is -0.0354 e. The molecule has 8 aliphatic rings. The van der Waals surface area contributed by atoms with Crippen LogP contribution in [0.5, 0.6) is 0 Å². The molecule has 0 unspecified atom stereocenters. The SMILES string of the molecule is CC(C)(C)C1CC1.CC(C)(C)C1CCC1.CC(C)(C)C1CCCC1.CC(C)(C)C1CCCCC1.CC(C)(C)CC1CC1.CC(C)(C)CC1CCC1.CC(C)(C)CC1CCCC1.CC(C)(C)CC1CCCCC1. The van der Waals surface area contributed by atoms with E-state index in [4.69, 9.17) is 0 Å². The van der Waals surface area contributed by atoms with Gasteiger partial charge in [-0.1, -0.05) is 295 Å². The molecule has 0 aromatic heterocycles. The molecule has 72 heavy (non-hydrogen) atoms. The third kappa shape index (κ3) is 39.4. The summed E-state index contributed by atoms with van der Waals surface area (Å²) in [5.74, 6) is 8.36. The van der Waals surface area contributed by atoms with Gasteiger partial charge < -0.3 is 0 Å². The van der Waals surface area contributed by atoms with Crippen LogP contribution < -0.4 is 0 Å². The van der Waals surface area contributed by atoms with Gasteiger partial charge in [0.25, 0.3) is 0 Å². The summed E-state index contributed by atoms with van der Waals surface area (Å²) in [4.78, 5) is 0. The lowest BCUT2D eigenvalue weighted by Gasteiger charge is -2.37. The van der Waals surface area contributed by atoms with Gasteiger partial charge in [-0.3, -0.25) is 0 Å². The quantitative estimate of drug-likeness (QED) is 0.263. The van der Waals surface area contributed by atoms with Crippen molar-refractivity contribution < 1.29 is 0 Å². The maximum absolute atomic E-state index is 2.38. The van der Waals surface area contributed by atoms with E-state index < -0.39 is 0 Å². The monoisotopic (exact) mass is 1010 g/mol. The zero-order valence-corrected chi connectivity index (χ0v) is 55.2. The standard InChI is InChI=1S/C11H22.2C10H20.2C9H18.2C8H16.C7H14/c1-11(2,3)9-10-7-5-4-6-8-10;1-10(2,3)8-9-6-4-5-7-9;1-10(2,3)9-7-5-4-6-8-9;1-9(2,3)7-8-5-4-6-8;1-9(2,3)8-6-4-5-7-8;1-8(2,3)6-7-4-5-7;1-8(2,3)7-5-4-6-7;1-7(2,3)6-4-5-6/h10H,4-9H2,1-3H3;2*9H,4-8H2,1-3H3;2*8H,4-7H2,1-3H3;2*7H,4-6H2,1-3H3;6H,4-5H2,1-3H3. The minimum Gasteiger partial charge on any atom is -0.0602 e. The lowest BCUT2D eigenvalue weighted by molar-refractivity contribution is 0.141. The van der Waals surface area contributed by atoms with Gasteiger partial charge in [0.1, 0.15) is 0 Å². The molecule has 0 saturated heterocycles. The van der Waals surface area contributed by atoms with Crippen molar-refractivity contribution in [3.05, 3.63) is 0 Å². The van der Waals surface area contributed by atoms with Crippen LogP contribution in [0.4, 0.5) is 0 Å². The molecule has 0 atom stereocenters. The Balaban J connectivity index is 0.000000413. The molecule has 0 N–H and O–H groups in total. The molecule has 0 aliphatic heterocycles. The van der Waals surface area contributed by atoms with E-state index in [9.17, 15) is 0 Å². The van der Waals surface area contributed by atoms with Gasteiger partial charge in [0.15, 0.2) is 0 Å². The molecule has 0 bridgehead atoms. The highest BCUT2D eigenvalue weighted by molar-refractivity contribution is 4.85. The topological polar surface area (TPSA) is 0 Å². The van der Waals surface area contributed by atoms with Crippen molar-refractivity contribution in [2.45, 2.75) is 372 Å². The fraction of sp³-hybridized carbons (Fsp3) is 1.00. The Hall–Kier alpha value is 0. The highest BCUT2D eigenvalue weighted by Crippen LogP contribution is 2.45. The molecule has 8 fully saturated rings. The third-order valence-electron chi connectivity index (χ3n) is 18.3. The Bertz CT molecular complexity index is 1280. The lowest BCUT2D eigenvalue weighted by Crippen LogP contribution is -2.26. The molecule has 0 heteroatoms. The summed E-state index contributed by atoms with van der Waals surface area (Å²) in [6.45, 7) is 56.4. The molecule has 432 valence electrons. The van der Waals surface area contributed by atoms with Gasteiger partial charge in [-0.25, -0.2) is 0 Å². The smallest absolute Gasteiger partial charge is 0.0354 e. The Labute approximate surface area is 460 Å². The minimum atomic E-state index is 0.558. The molecule has 0 radical (unpaired) electrons. The van der Waals surface area contributed by atoms with Crippen LogP contribution in [0.15, 0.2) is 0 Å². The number of hydrogen-bond donors (Lipinski definition) is 0. The predicted octanol–water partition coefficient (Wildman–Crippen LogP) is 25.8. The molecule has 8 aliphatic carbocycles. The third-order valence-corrected chi connectivity index (χ3v) is 18.3. The van der Waals surface area contributed by atoms with E-state index in [-0.39, 0.29) is 0 Å². The van der Waals surface area contributed by atoms with Crippen molar-refractivity contribution in [3.63, 3.8) is 0 Å². The first-order chi connectivity index (χ1) is 32.7. The second kappa shape index (κ2) is 32.2. The van der Waals surface area contributed by atoms with E-state index in [2.05, 4.69) is 166 Å². The predicted molar refractivity (Wildman–Crippen MR) is 331 cm³/mol. The molecule has 0 aromatic carbocycles. The molecule has 8 saturated carbocycles. The highest BCUT2D eigenvalue weighted by Gasteiger charge is 2.34. The second-order valence-corrected chi connectivity index (χ2v) is 35.6. The molecule has 0 heterocycles. The summed E-state index contributed by atoms with van der Waals surface area (Å²) >= 11 is 0. The summed E-state index contributed by atoms with van der Waals surface area (Å²) in [6.07, 6.45) is 47.3. The summed E-state index contributed by atoms with van der Waals surface area (Å²) in [5.41, 5.74) is 4.64. The maximum atomic E-state index is 2.38. The zero-order chi connectivity index (χ0) is 55.2. The minimum absolute atomic E-state index is 0.558. The Morgan fingerprint density at radius 1 is 0.181 bits per heavy atom. The summed E-state index contributed by atoms with van der Waals surface area (Å²) in [5, 5.41) is 0. The normalized spacial score (nSPS) is 22.3. The van der Waals surface area contributed by atoms with Gasteiger partial charge in [-0.05, 0) is 168 Å². The summed E-state index contributed by atoms with van der Waals surface area (Å²) < 4.78 is 0. The van der Waals surface area contributed by atoms with Crippen molar-refractivity contribution in [3.8, 4) is 0 Å². The molecule has 0 nitrogen and oxygen atoms in total. The van der Waals surface area contributed by atoms with E-state index >= 15 is 0 Å². The molecule has 8 rings (SSSR count). The van der Waals surface area contributed by atoms with E-state index in [1.807, 2.05) is 0 Å². The van der Waals surface area contributed by atoms with E-state index in [0.717, 1.165) is 47.3 Å². The first kappa shape index (κ1) is 70.0. The van der Waals surface area contributed by atoms with E-state index in [1.165, 1.54) is 205 Å². The Morgan fingerprint density at radius 3 is 0.472 bits per heavy atom. The van der Waals surface area contributed by atoms with Gasteiger partial charge in [0, 0.05) is 0 Å². The summed E-state index contributed by atoms with van der Waals surface area (Å²) in [7, 11) is 0. The molecule has 0 aromatic rings. The Morgan fingerprint density at radius 2 is 0.347 bits per heavy atom. The first-order valence-electron chi connectivity index (χ1n) is 32.7. The van der Waals surface area contributed by atoms with E-state index in [1.54, 1.807) is 0 Å². The van der Waals surface area contributed by atoms with Gasteiger partial charge in [-0.2, -0.15) is 0 Å². The van der Waals surface area contributed by atoms with Gasteiger partial charge in [0.05, 0.1) is 0 Å². The van der Waals surface area contributed by atoms with Crippen LogP contribution in [-0.4, -0.2) is 0 Å². The van der Waals surface area contributed by atoms with Crippen LogP contribution in [0.2, 0.25) is 0 Å². The van der Waals surface area contributed by atoms with Crippen LogP contribution in [-0.2, 0) is 0 Å². The summed E-state index contributed by atoms with van der Waals surface area (Å²) in [6, 6.07) is 0. The van der Waals surface area contributed by atoms with Crippen molar-refractivity contribution >= 4 is 0 Å². The van der Waals surface area contributed by atoms with Crippen molar-refractivity contribution in [2.75, 3.05) is 0 Å². The van der Waals surface area contributed by atoms with Crippen LogP contribution in [0, 0.1) is 90.7 Å². The van der Waals surface area contributed by atoms with E-state index in [0.29, 0.717) is 43.3 Å². The zero-order valence-electron chi connectivity index (χ0n) is 55.2. The molecular weight excluding hydrogens is 865 g/mol. The van der Waals surface area contributed by atoms with Gasteiger partial charge in [0.2, 0.25) is 0 Å². The average molecular weight is 1010 g/mol. The average Bonchev–Trinajstić information content (AvgIpc) is 4.07. The fourth-order valence-electron chi connectivity index (χ4n) is 13.1. The van der Waals surface area contributed by atoms with Crippen molar-refractivity contribution in [2.24, 2.45) is 90.7 Å². The van der Waals surface area contributed by atoms with Crippen molar-refractivity contribution in [1.29, 1.82) is 0 Å². The van der Waals surface area contributed by atoms with Gasteiger partial charge >= 0.3 is 0 Å². The van der Waals surface area contributed by atoms with Crippen LogP contribution >= 0.6 is 0 Å². The van der Waals surface area contributed by atoms with Crippen LogP contribution in [0.1, 0.15) is 372 Å². The number of hydrogen-bond acceptors (Lipinski definition) is 0. The largest absolute Gasteiger partial charge is 0.0602 e. The lowest BCUT2D eigenvalue weighted by atomic mass is 9.69. The first-order valence-corrected chi connectivity index (χ1v) is 32.7. The van der Waals surface area contributed by atoms with Gasteiger partial charge in [-0.15, -0.1) is 0 Å². The molecule has 0 spiro atoms. The Kier molecular flexibility index (Phi) is 31.3. The second-order valence-electron chi connectivity index (χ2n) is 35.6. The fourth-order valence-corrected chi connectivity index (χ4v) is 13.1. The molecule has 0 amide bonds.